The summed E-state index contributed by atoms with van der Waals surface area (Å²) in [6.45, 7) is 10.7. The van der Waals surface area contributed by atoms with Crippen LogP contribution in [0.5, 0.6) is 0 Å². The average Bonchev–Trinajstić information content (AvgIpc) is 3.29. The van der Waals surface area contributed by atoms with Crippen LogP contribution in [-0.4, -0.2) is 51.1 Å². The third-order valence-corrected chi connectivity index (χ3v) is 6.35. The first kappa shape index (κ1) is 21.8. The highest BCUT2D eigenvalue weighted by atomic mass is 19.3. The van der Waals surface area contributed by atoms with Crippen molar-refractivity contribution in [2.75, 3.05) is 18.4 Å². The molecule has 3 atom stereocenters. The van der Waals surface area contributed by atoms with Crippen molar-refractivity contribution in [3.8, 4) is 0 Å². The number of oxazole rings is 1. The van der Waals surface area contributed by atoms with E-state index in [0.29, 0.717) is 30.5 Å². The first-order chi connectivity index (χ1) is 14.5. The van der Waals surface area contributed by atoms with Gasteiger partial charge in [0.2, 0.25) is 5.76 Å². The van der Waals surface area contributed by atoms with Gasteiger partial charge in [-0.25, -0.2) is 18.4 Å². The molecule has 1 N–H and O–H groups in total. The number of amides is 1. The molecule has 2 aliphatic rings. The summed E-state index contributed by atoms with van der Waals surface area (Å²) in [5.41, 5.74) is 1.14. The van der Waals surface area contributed by atoms with Crippen LogP contribution < -0.4 is 5.32 Å². The lowest BCUT2D eigenvalue weighted by atomic mass is 9.85. The van der Waals surface area contributed by atoms with E-state index in [4.69, 9.17) is 4.42 Å². The van der Waals surface area contributed by atoms with Crippen molar-refractivity contribution < 1.29 is 18.0 Å². The van der Waals surface area contributed by atoms with Gasteiger partial charge in [0.1, 0.15) is 11.9 Å². The molecule has 0 bridgehead atoms. The van der Waals surface area contributed by atoms with E-state index in [-0.39, 0.29) is 35.5 Å². The molecular weight excluding hydrogens is 404 g/mol. The third-order valence-electron chi connectivity index (χ3n) is 6.35. The summed E-state index contributed by atoms with van der Waals surface area (Å²) >= 11 is 0. The Balaban J connectivity index is 1.54. The summed E-state index contributed by atoms with van der Waals surface area (Å²) in [5, 5.41) is 7.94. The predicted octanol–water partition coefficient (Wildman–Crippen LogP) is 4.33. The zero-order valence-electron chi connectivity index (χ0n) is 18.8. The zero-order valence-corrected chi connectivity index (χ0v) is 18.8. The molecule has 0 saturated carbocycles. The standard InChI is InChI=1S/C22H31F2N5O2/c1-12-19(31-13(2)25-12)21(30)28-8-6-7-14(11-28)15-9-16(20(23)24)29-18(26-15)10-17(27-29)22(3,4)5/h10,14-16,20,26H,6-9,11H2,1-5H3/t14?,15-,16+/m0/s1. The van der Waals surface area contributed by atoms with Gasteiger partial charge in [-0.15, -0.1) is 0 Å². The molecule has 1 amide bonds. The van der Waals surface area contributed by atoms with Gasteiger partial charge in [-0.2, -0.15) is 5.10 Å². The summed E-state index contributed by atoms with van der Waals surface area (Å²) in [6, 6.07) is 0.764. The van der Waals surface area contributed by atoms with E-state index < -0.39 is 12.5 Å². The van der Waals surface area contributed by atoms with Gasteiger partial charge in [0, 0.05) is 37.5 Å². The van der Waals surface area contributed by atoms with Crippen molar-refractivity contribution in [1.29, 1.82) is 0 Å². The monoisotopic (exact) mass is 435 g/mol. The number of halogens is 2. The Kier molecular flexibility index (Phi) is 5.55. The number of fused-ring (bicyclic) bond motifs is 1. The number of carbonyl (C=O) groups is 1. The topological polar surface area (TPSA) is 76.2 Å². The predicted molar refractivity (Wildman–Crippen MR) is 113 cm³/mol. The fourth-order valence-electron chi connectivity index (χ4n) is 4.65. The fourth-order valence-corrected chi connectivity index (χ4v) is 4.65. The molecule has 0 radical (unpaired) electrons. The van der Waals surface area contributed by atoms with Crippen molar-refractivity contribution in [3.63, 3.8) is 0 Å². The van der Waals surface area contributed by atoms with Gasteiger partial charge < -0.3 is 14.6 Å². The maximum absolute atomic E-state index is 13.9. The number of hydrogen-bond acceptors (Lipinski definition) is 5. The third kappa shape index (κ3) is 4.19. The lowest BCUT2D eigenvalue weighted by molar-refractivity contribution is 0.0491. The molecule has 31 heavy (non-hydrogen) atoms. The number of nitrogens with one attached hydrogen (secondary N) is 1. The van der Waals surface area contributed by atoms with Crippen LogP contribution in [0.4, 0.5) is 14.6 Å². The average molecular weight is 436 g/mol. The normalized spacial score (nSPS) is 24.3. The van der Waals surface area contributed by atoms with Crippen LogP contribution in [0, 0.1) is 19.8 Å². The van der Waals surface area contributed by atoms with Crippen LogP contribution in [0.1, 0.15) is 73.9 Å². The minimum atomic E-state index is -2.50. The molecule has 1 saturated heterocycles. The van der Waals surface area contributed by atoms with E-state index in [1.807, 2.05) is 26.8 Å². The van der Waals surface area contributed by atoms with Gasteiger partial charge in [-0.05, 0) is 32.1 Å². The summed E-state index contributed by atoms with van der Waals surface area (Å²) < 4.78 is 34.9. The van der Waals surface area contributed by atoms with Crippen molar-refractivity contribution in [2.24, 2.45) is 5.92 Å². The summed E-state index contributed by atoms with van der Waals surface area (Å²) in [7, 11) is 0. The number of aryl methyl sites for hydroxylation is 2. The molecule has 170 valence electrons. The number of carbonyl (C=O) groups excluding carboxylic acids is 1. The van der Waals surface area contributed by atoms with E-state index in [1.54, 1.807) is 18.7 Å². The molecule has 9 heteroatoms. The Morgan fingerprint density at radius 3 is 2.68 bits per heavy atom. The highest BCUT2D eigenvalue weighted by Crippen LogP contribution is 2.38. The smallest absolute Gasteiger partial charge is 0.291 e. The molecular formula is C22H31F2N5O2. The lowest BCUT2D eigenvalue weighted by Gasteiger charge is -2.41. The molecule has 2 aromatic heterocycles. The number of anilines is 1. The Hall–Kier alpha value is -2.45. The van der Waals surface area contributed by atoms with Crippen LogP contribution >= 0.6 is 0 Å². The van der Waals surface area contributed by atoms with E-state index in [9.17, 15) is 13.6 Å². The maximum Gasteiger partial charge on any atom is 0.291 e. The molecule has 4 rings (SSSR count). The van der Waals surface area contributed by atoms with Gasteiger partial charge in [0.15, 0.2) is 5.89 Å². The van der Waals surface area contributed by atoms with E-state index in [2.05, 4.69) is 15.4 Å². The van der Waals surface area contributed by atoms with Gasteiger partial charge in [-0.3, -0.25) is 4.79 Å². The molecule has 1 unspecified atom stereocenters. The first-order valence-corrected chi connectivity index (χ1v) is 10.9. The van der Waals surface area contributed by atoms with Gasteiger partial charge in [-0.1, -0.05) is 20.8 Å². The van der Waals surface area contributed by atoms with E-state index >= 15 is 0 Å². The first-order valence-electron chi connectivity index (χ1n) is 10.9. The Morgan fingerprint density at radius 2 is 2.06 bits per heavy atom. The number of likely N-dealkylation sites (tertiary alicyclic amines) is 1. The second-order valence-corrected chi connectivity index (χ2v) is 9.80. The van der Waals surface area contributed by atoms with Gasteiger partial charge >= 0.3 is 0 Å². The number of nitrogens with zero attached hydrogens (tertiary/aromatic N) is 4. The number of alkyl halides is 2. The summed E-state index contributed by atoms with van der Waals surface area (Å²) in [4.78, 5) is 18.9. The molecule has 7 nitrogen and oxygen atoms in total. The lowest BCUT2D eigenvalue weighted by Crippen LogP contribution is -2.48. The molecule has 0 spiro atoms. The second kappa shape index (κ2) is 7.91. The molecule has 4 heterocycles. The Morgan fingerprint density at radius 1 is 1.32 bits per heavy atom. The van der Waals surface area contributed by atoms with Crippen LogP contribution in [0.3, 0.4) is 0 Å². The fraction of sp³-hybridized carbons (Fsp3) is 0.682. The number of hydrogen-bond donors (Lipinski definition) is 1. The van der Waals surface area contributed by atoms with Crippen molar-refractivity contribution in [3.05, 3.63) is 29.1 Å². The number of piperidine rings is 1. The minimum absolute atomic E-state index is 0.0741. The van der Waals surface area contributed by atoms with Gasteiger partial charge in [0.25, 0.3) is 12.3 Å². The number of aromatic nitrogens is 3. The number of rotatable bonds is 3. The van der Waals surface area contributed by atoms with Crippen LogP contribution in [-0.2, 0) is 5.41 Å². The molecule has 2 aromatic rings. The SMILES string of the molecule is Cc1nc(C)c(C(=O)N2CCCC([C@@H]3C[C@H](C(F)F)n4nc(C(C)(C)C)cc4N3)C2)o1. The maximum atomic E-state index is 13.9. The van der Waals surface area contributed by atoms with Crippen LogP contribution in [0.25, 0.3) is 0 Å². The summed E-state index contributed by atoms with van der Waals surface area (Å²) in [6.07, 6.45) is -0.515. The van der Waals surface area contributed by atoms with E-state index in [1.165, 1.54) is 4.68 Å². The second-order valence-electron chi connectivity index (χ2n) is 9.80. The molecule has 1 fully saturated rings. The zero-order chi connectivity index (χ0) is 22.5. The van der Waals surface area contributed by atoms with Crippen molar-refractivity contribution in [2.45, 2.75) is 77.8 Å². The van der Waals surface area contributed by atoms with Crippen molar-refractivity contribution in [1.82, 2.24) is 19.7 Å². The minimum Gasteiger partial charge on any atom is -0.436 e. The Bertz CT molecular complexity index is 962. The Labute approximate surface area is 181 Å². The highest BCUT2D eigenvalue weighted by molar-refractivity contribution is 5.92. The van der Waals surface area contributed by atoms with Crippen molar-refractivity contribution >= 4 is 11.7 Å². The highest BCUT2D eigenvalue weighted by Gasteiger charge is 2.40. The quantitative estimate of drug-likeness (QED) is 0.777. The van der Waals surface area contributed by atoms with Crippen LogP contribution in [0.15, 0.2) is 10.5 Å². The van der Waals surface area contributed by atoms with Gasteiger partial charge in [0.05, 0.1) is 11.4 Å². The molecule has 2 aliphatic heterocycles. The van der Waals surface area contributed by atoms with E-state index in [0.717, 1.165) is 18.5 Å². The molecule has 0 aromatic carbocycles. The van der Waals surface area contributed by atoms with Crippen LogP contribution in [0.2, 0.25) is 0 Å². The molecule has 0 aliphatic carbocycles. The summed E-state index contributed by atoms with van der Waals surface area (Å²) in [5.74, 6) is 1.27. The largest absolute Gasteiger partial charge is 0.436 e.